The maximum atomic E-state index is 11.9. The van der Waals surface area contributed by atoms with E-state index >= 15 is 0 Å². The molecule has 0 radical (unpaired) electrons. The van der Waals surface area contributed by atoms with Crippen LogP contribution < -0.4 is 11.1 Å². The lowest BCUT2D eigenvalue weighted by Crippen LogP contribution is -2.57. The Kier molecular flexibility index (Phi) is 4.14. The second-order valence-electron chi connectivity index (χ2n) is 5.55. The van der Waals surface area contributed by atoms with E-state index in [1.165, 1.54) is 0 Å². The van der Waals surface area contributed by atoms with Gasteiger partial charge in [-0.25, -0.2) is 4.79 Å². The van der Waals surface area contributed by atoms with Gasteiger partial charge in [-0.15, -0.1) is 0 Å². The molecule has 0 heterocycles. The van der Waals surface area contributed by atoms with Gasteiger partial charge in [0.2, 0.25) is 5.91 Å². The van der Waals surface area contributed by atoms with Crippen molar-refractivity contribution in [3.05, 3.63) is 0 Å². The highest BCUT2D eigenvalue weighted by Gasteiger charge is 2.44. The van der Waals surface area contributed by atoms with Gasteiger partial charge in [0.15, 0.2) is 0 Å². The Balaban J connectivity index is 2.60. The molecule has 0 aromatic heterocycles. The first kappa shape index (κ1) is 14.0. The van der Waals surface area contributed by atoms with Crippen molar-refractivity contribution in [2.24, 2.45) is 17.6 Å². The summed E-state index contributed by atoms with van der Waals surface area (Å²) in [4.78, 5) is 23.0. The Labute approximate surface area is 102 Å². The SMILES string of the molecule is CC(C)CC(NC(=O)C(C)(N)C1CC1)C(=O)O. The first-order valence-electron chi connectivity index (χ1n) is 6.07. The fraction of sp³-hybridized carbons (Fsp3) is 0.833. The van der Waals surface area contributed by atoms with Crippen LogP contribution >= 0.6 is 0 Å². The molecular weight excluding hydrogens is 220 g/mol. The Morgan fingerprint density at radius 3 is 2.35 bits per heavy atom. The van der Waals surface area contributed by atoms with Gasteiger partial charge in [-0.2, -0.15) is 0 Å². The summed E-state index contributed by atoms with van der Waals surface area (Å²) in [5.41, 5.74) is 5.00. The number of amides is 1. The van der Waals surface area contributed by atoms with E-state index in [0.717, 1.165) is 12.8 Å². The Morgan fingerprint density at radius 1 is 1.47 bits per heavy atom. The fourth-order valence-electron chi connectivity index (χ4n) is 1.88. The molecule has 0 saturated heterocycles. The molecule has 98 valence electrons. The third-order valence-electron chi connectivity index (χ3n) is 3.23. The lowest BCUT2D eigenvalue weighted by Gasteiger charge is -2.26. The number of carboxylic acids is 1. The quantitative estimate of drug-likeness (QED) is 0.640. The number of nitrogens with two attached hydrogens (primary N) is 1. The van der Waals surface area contributed by atoms with Gasteiger partial charge in [-0.1, -0.05) is 13.8 Å². The smallest absolute Gasteiger partial charge is 0.326 e. The van der Waals surface area contributed by atoms with E-state index in [-0.39, 0.29) is 17.7 Å². The number of carbonyl (C=O) groups excluding carboxylic acids is 1. The molecule has 2 unspecified atom stereocenters. The van der Waals surface area contributed by atoms with Crippen LogP contribution in [0.15, 0.2) is 0 Å². The summed E-state index contributed by atoms with van der Waals surface area (Å²) < 4.78 is 0. The number of hydrogen-bond donors (Lipinski definition) is 3. The van der Waals surface area contributed by atoms with Crippen LogP contribution in [0.25, 0.3) is 0 Å². The predicted molar refractivity (Wildman–Crippen MR) is 64.3 cm³/mol. The molecule has 1 rings (SSSR count). The molecule has 4 N–H and O–H groups in total. The maximum absolute atomic E-state index is 11.9. The lowest BCUT2D eigenvalue weighted by molar-refractivity contribution is -0.143. The molecule has 0 bridgehead atoms. The van der Waals surface area contributed by atoms with E-state index < -0.39 is 17.6 Å². The largest absolute Gasteiger partial charge is 0.480 e. The second kappa shape index (κ2) is 5.04. The molecular formula is C12H22N2O3. The Hall–Kier alpha value is -1.10. The molecule has 17 heavy (non-hydrogen) atoms. The van der Waals surface area contributed by atoms with Gasteiger partial charge >= 0.3 is 5.97 Å². The third kappa shape index (κ3) is 3.70. The zero-order valence-corrected chi connectivity index (χ0v) is 10.7. The molecule has 0 spiro atoms. The van der Waals surface area contributed by atoms with Crippen molar-refractivity contribution < 1.29 is 14.7 Å². The van der Waals surface area contributed by atoms with Crippen molar-refractivity contribution >= 4 is 11.9 Å². The van der Waals surface area contributed by atoms with E-state index in [0.29, 0.717) is 6.42 Å². The van der Waals surface area contributed by atoms with Crippen molar-refractivity contribution in [2.75, 3.05) is 0 Å². The molecule has 5 heteroatoms. The summed E-state index contributed by atoms with van der Waals surface area (Å²) in [5.74, 6) is -0.955. The molecule has 5 nitrogen and oxygen atoms in total. The van der Waals surface area contributed by atoms with Crippen LogP contribution in [0.3, 0.4) is 0 Å². The minimum Gasteiger partial charge on any atom is -0.480 e. The standard InChI is InChI=1S/C12H22N2O3/c1-7(2)6-9(10(15)16)14-11(17)12(3,13)8-4-5-8/h7-9H,4-6,13H2,1-3H3,(H,14,17)(H,15,16). The van der Waals surface area contributed by atoms with Crippen LogP contribution in [0.4, 0.5) is 0 Å². The normalized spacial score (nSPS) is 20.8. The lowest BCUT2D eigenvalue weighted by atomic mass is 9.95. The minimum atomic E-state index is -1.00. The minimum absolute atomic E-state index is 0.191. The third-order valence-corrected chi connectivity index (χ3v) is 3.23. The van der Waals surface area contributed by atoms with Crippen molar-refractivity contribution in [1.29, 1.82) is 0 Å². The van der Waals surface area contributed by atoms with E-state index in [1.54, 1.807) is 6.92 Å². The summed E-state index contributed by atoms with van der Waals surface area (Å²) in [7, 11) is 0. The molecule has 0 aromatic rings. The summed E-state index contributed by atoms with van der Waals surface area (Å²) in [6, 6.07) is -0.843. The van der Waals surface area contributed by atoms with Crippen LogP contribution in [-0.2, 0) is 9.59 Å². The Morgan fingerprint density at radius 2 is 2.00 bits per heavy atom. The average Bonchev–Trinajstić information content (AvgIpc) is 2.98. The van der Waals surface area contributed by atoms with Crippen molar-refractivity contribution in [3.8, 4) is 0 Å². The highest BCUT2D eigenvalue weighted by atomic mass is 16.4. The molecule has 1 fully saturated rings. The average molecular weight is 242 g/mol. The highest BCUT2D eigenvalue weighted by Crippen LogP contribution is 2.38. The predicted octanol–water partition coefficient (Wildman–Crippen LogP) is 0.729. The molecule has 1 aliphatic carbocycles. The van der Waals surface area contributed by atoms with E-state index in [9.17, 15) is 9.59 Å². The van der Waals surface area contributed by atoms with E-state index in [1.807, 2.05) is 13.8 Å². The van der Waals surface area contributed by atoms with Crippen LogP contribution in [0.5, 0.6) is 0 Å². The van der Waals surface area contributed by atoms with Gasteiger partial charge < -0.3 is 16.2 Å². The van der Waals surface area contributed by atoms with Gasteiger partial charge in [0.05, 0.1) is 5.54 Å². The number of nitrogens with one attached hydrogen (secondary N) is 1. The number of hydrogen-bond acceptors (Lipinski definition) is 3. The van der Waals surface area contributed by atoms with Crippen LogP contribution in [0.1, 0.15) is 40.0 Å². The maximum Gasteiger partial charge on any atom is 0.326 e. The zero-order valence-electron chi connectivity index (χ0n) is 10.7. The topological polar surface area (TPSA) is 92.4 Å². The van der Waals surface area contributed by atoms with Crippen LogP contribution in [-0.4, -0.2) is 28.6 Å². The number of carbonyl (C=O) groups is 2. The molecule has 1 amide bonds. The number of rotatable bonds is 6. The summed E-state index contributed by atoms with van der Waals surface area (Å²) in [6.07, 6.45) is 2.31. The number of aliphatic carboxylic acids is 1. The monoisotopic (exact) mass is 242 g/mol. The van der Waals surface area contributed by atoms with E-state index in [2.05, 4.69) is 5.32 Å². The van der Waals surface area contributed by atoms with E-state index in [4.69, 9.17) is 10.8 Å². The molecule has 0 aromatic carbocycles. The second-order valence-corrected chi connectivity index (χ2v) is 5.55. The molecule has 0 aliphatic heterocycles. The van der Waals surface area contributed by atoms with Gasteiger partial charge in [-0.05, 0) is 38.0 Å². The van der Waals surface area contributed by atoms with Crippen molar-refractivity contribution in [1.82, 2.24) is 5.32 Å². The zero-order chi connectivity index (χ0) is 13.2. The molecule has 1 saturated carbocycles. The summed E-state index contributed by atoms with van der Waals surface area (Å²) in [6.45, 7) is 5.52. The fourth-order valence-corrected chi connectivity index (χ4v) is 1.88. The first-order chi connectivity index (χ1) is 7.75. The van der Waals surface area contributed by atoms with Crippen molar-refractivity contribution in [2.45, 2.75) is 51.6 Å². The van der Waals surface area contributed by atoms with Crippen molar-refractivity contribution in [3.63, 3.8) is 0 Å². The summed E-state index contributed by atoms with van der Waals surface area (Å²) in [5, 5.41) is 11.6. The Bertz CT molecular complexity index is 309. The summed E-state index contributed by atoms with van der Waals surface area (Å²) >= 11 is 0. The van der Waals surface area contributed by atoms with Crippen LogP contribution in [0, 0.1) is 11.8 Å². The van der Waals surface area contributed by atoms with Crippen LogP contribution in [0.2, 0.25) is 0 Å². The van der Waals surface area contributed by atoms with Gasteiger partial charge in [0, 0.05) is 0 Å². The van der Waals surface area contributed by atoms with Gasteiger partial charge in [0.1, 0.15) is 6.04 Å². The first-order valence-corrected chi connectivity index (χ1v) is 6.07. The van der Waals surface area contributed by atoms with Gasteiger partial charge in [-0.3, -0.25) is 4.79 Å². The molecule has 2 atom stereocenters. The molecule has 1 aliphatic rings. The number of carboxylic acid groups (broad SMARTS) is 1. The van der Waals surface area contributed by atoms with Gasteiger partial charge in [0.25, 0.3) is 0 Å². The highest BCUT2D eigenvalue weighted by molar-refractivity contribution is 5.90.